The Balaban J connectivity index is 1.59. The van der Waals surface area contributed by atoms with E-state index in [-0.39, 0.29) is 11.5 Å². The minimum absolute atomic E-state index is 0.0751. The van der Waals surface area contributed by atoms with Crippen LogP contribution in [0, 0.1) is 13.8 Å². The van der Waals surface area contributed by atoms with Gasteiger partial charge in [0, 0.05) is 24.7 Å². The fraction of sp³-hybridized carbons (Fsp3) is 0.250. The van der Waals surface area contributed by atoms with Crippen LogP contribution in [0.4, 0.5) is 5.69 Å². The number of furan rings is 1. The number of amides is 1. The highest BCUT2D eigenvalue weighted by Gasteiger charge is 2.08. The second-order valence-electron chi connectivity index (χ2n) is 6.23. The van der Waals surface area contributed by atoms with Gasteiger partial charge in [0.1, 0.15) is 5.69 Å². The van der Waals surface area contributed by atoms with Crippen molar-refractivity contribution in [2.24, 2.45) is 0 Å². The van der Waals surface area contributed by atoms with Gasteiger partial charge in [-0.25, -0.2) is 4.68 Å². The minimum atomic E-state index is -0.199. The summed E-state index contributed by atoms with van der Waals surface area (Å²) in [5.41, 5.74) is 3.33. The van der Waals surface area contributed by atoms with E-state index in [0.717, 1.165) is 16.8 Å². The highest BCUT2D eigenvalue weighted by atomic mass is 16.3. The first-order chi connectivity index (χ1) is 12.5. The molecule has 0 bridgehead atoms. The number of aromatic nitrogens is 2. The predicted octanol–water partition coefficient (Wildman–Crippen LogP) is 3.54. The van der Waals surface area contributed by atoms with Gasteiger partial charge in [-0.2, -0.15) is 5.10 Å². The van der Waals surface area contributed by atoms with Crippen molar-refractivity contribution < 1.29 is 9.21 Å². The van der Waals surface area contributed by atoms with Crippen molar-refractivity contribution in [3.63, 3.8) is 0 Å². The van der Waals surface area contributed by atoms with Gasteiger partial charge in [0.25, 0.3) is 5.56 Å². The summed E-state index contributed by atoms with van der Waals surface area (Å²) in [6.45, 7) is 4.31. The molecule has 6 nitrogen and oxygen atoms in total. The average Bonchev–Trinajstić information content (AvgIpc) is 3.14. The van der Waals surface area contributed by atoms with E-state index in [9.17, 15) is 9.59 Å². The maximum atomic E-state index is 12.2. The number of benzene rings is 1. The second kappa shape index (κ2) is 7.82. The molecule has 3 aromatic rings. The minimum Gasteiger partial charge on any atom is -0.463 e. The molecule has 0 aliphatic heterocycles. The Morgan fingerprint density at radius 1 is 1.19 bits per heavy atom. The lowest BCUT2D eigenvalue weighted by Gasteiger charge is -2.10. The summed E-state index contributed by atoms with van der Waals surface area (Å²) in [6.07, 6.45) is 2.39. The lowest BCUT2D eigenvalue weighted by molar-refractivity contribution is -0.116. The van der Waals surface area contributed by atoms with E-state index in [1.165, 1.54) is 10.7 Å². The van der Waals surface area contributed by atoms with Gasteiger partial charge in [0.15, 0.2) is 5.76 Å². The first-order valence-corrected chi connectivity index (χ1v) is 8.52. The summed E-state index contributed by atoms with van der Waals surface area (Å²) in [7, 11) is 0. The van der Waals surface area contributed by atoms with Crippen LogP contribution in [0.25, 0.3) is 11.5 Å². The summed E-state index contributed by atoms with van der Waals surface area (Å²) in [4.78, 5) is 24.1. The summed E-state index contributed by atoms with van der Waals surface area (Å²) < 4.78 is 6.67. The Morgan fingerprint density at radius 3 is 2.81 bits per heavy atom. The zero-order valence-electron chi connectivity index (χ0n) is 14.9. The fourth-order valence-corrected chi connectivity index (χ4v) is 2.64. The van der Waals surface area contributed by atoms with E-state index in [0.29, 0.717) is 30.8 Å². The van der Waals surface area contributed by atoms with Gasteiger partial charge >= 0.3 is 0 Å². The number of anilines is 1. The number of nitrogens with zero attached hydrogens (tertiary/aromatic N) is 2. The van der Waals surface area contributed by atoms with Crippen LogP contribution >= 0.6 is 0 Å². The van der Waals surface area contributed by atoms with Gasteiger partial charge in [-0.1, -0.05) is 12.1 Å². The van der Waals surface area contributed by atoms with Crippen molar-refractivity contribution in [1.82, 2.24) is 9.78 Å². The predicted molar refractivity (Wildman–Crippen MR) is 100.0 cm³/mol. The molecular weight excluding hydrogens is 330 g/mol. The molecule has 134 valence electrons. The maximum Gasteiger partial charge on any atom is 0.266 e. The van der Waals surface area contributed by atoms with Gasteiger partial charge in [0.05, 0.1) is 6.26 Å². The molecule has 0 fully saturated rings. The molecular formula is C20H21N3O3. The summed E-state index contributed by atoms with van der Waals surface area (Å²) >= 11 is 0. The summed E-state index contributed by atoms with van der Waals surface area (Å²) in [5, 5.41) is 7.22. The monoisotopic (exact) mass is 351 g/mol. The number of aryl methyl sites for hydroxylation is 3. The quantitative estimate of drug-likeness (QED) is 0.737. The van der Waals surface area contributed by atoms with Gasteiger partial charge in [0.2, 0.25) is 5.91 Å². The van der Waals surface area contributed by atoms with Crippen LogP contribution < -0.4 is 10.9 Å². The molecule has 6 heteroatoms. The number of carbonyl (C=O) groups excluding carboxylic acids is 1. The van der Waals surface area contributed by atoms with E-state index in [4.69, 9.17) is 4.42 Å². The standard InChI is InChI=1S/C20H21N3O3/c1-14-7-8-15(2)17(13-14)21-19(24)6-3-11-23-20(25)10-9-16(22-23)18-5-4-12-26-18/h4-5,7-10,12-13H,3,6,11H2,1-2H3,(H,21,24). The third-order valence-corrected chi connectivity index (χ3v) is 4.08. The van der Waals surface area contributed by atoms with Gasteiger partial charge in [-0.05, 0) is 55.7 Å². The van der Waals surface area contributed by atoms with Crippen molar-refractivity contribution in [3.8, 4) is 11.5 Å². The number of rotatable bonds is 6. The lowest BCUT2D eigenvalue weighted by Crippen LogP contribution is -2.23. The molecule has 0 unspecified atom stereocenters. The lowest BCUT2D eigenvalue weighted by atomic mass is 10.1. The molecule has 26 heavy (non-hydrogen) atoms. The Kier molecular flexibility index (Phi) is 5.31. The van der Waals surface area contributed by atoms with E-state index in [2.05, 4.69) is 10.4 Å². The molecule has 1 aromatic carbocycles. The topological polar surface area (TPSA) is 77.1 Å². The van der Waals surface area contributed by atoms with Crippen molar-refractivity contribution in [3.05, 3.63) is 70.2 Å². The van der Waals surface area contributed by atoms with Gasteiger partial charge in [-0.3, -0.25) is 9.59 Å². The Morgan fingerprint density at radius 2 is 2.04 bits per heavy atom. The maximum absolute atomic E-state index is 12.2. The van der Waals surface area contributed by atoms with E-state index in [1.807, 2.05) is 32.0 Å². The van der Waals surface area contributed by atoms with E-state index < -0.39 is 0 Å². The van der Waals surface area contributed by atoms with Crippen LogP contribution in [0.2, 0.25) is 0 Å². The van der Waals surface area contributed by atoms with E-state index in [1.54, 1.807) is 24.5 Å². The van der Waals surface area contributed by atoms with Crippen LogP contribution in [0.15, 0.2) is 57.9 Å². The molecule has 0 radical (unpaired) electrons. The van der Waals surface area contributed by atoms with Gasteiger partial charge in [-0.15, -0.1) is 0 Å². The average molecular weight is 351 g/mol. The third-order valence-electron chi connectivity index (χ3n) is 4.08. The Hall–Kier alpha value is -3.15. The highest BCUT2D eigenvalue weighted by molar-refractivity contribution is 5.91. The molecule has 2 aromatic heterocycles. The molecule has 3 rings (SSSR count). The number of nitrogens with one attached hydrogen (secondary N) is 1. The molecule has 1 N–H and O–H groups in total. The van der Waals surface area contributed by atoms with Crippen LogP contribution in [-0.4, -0.2) is 15.7 Å². The largest absolute Gasteiger partial charge is 0.463 e. The second-order valence-corrected chi connectivity index (χ2v) is 6.23. The SMILES string of the molecule is Cc1ccc(C)c(NC(=O)CCCn2nc(-c3ccco3)ccc2=O)c1. The van der Waals surface area contributed by atoms with Crippen molar-refractivity contribution >= 4 is 11.6 Å². The van der Waals surface area contributed by atoms with Crippen molar-refractivity contribution in [2.45, 2.75) is 33.2 Å². The molecule has 0 saturated heterocycles. The van der Waals surface area contributed by atoms with Crippen molar-refractivity contribution in [1.29, 1.82) is 0 Å². The Labute approximate surface area is 151 Å². The molecule has 0 aliphatic carbocycles. The first-order valence-electron chi connectivity index (χ1n) is 8.52. The van der Waals surface area contributed by atoms with Gasteiger partial charge < -0.3 is 9.73 Å². The Bertz CT molecular complexity index is 959. The molecule has 0 spiro atoms. The summed E-state index contributed by atoms with van der Waals surface area (Å²) in [6, 6.07) is 12.6. The third kappa shape index (κ3) is 4.27. The van der Waals surface area contributed by atoms with Crippen LogP contribution in [-0.2, 0) is 11.3 Å². The highest BCUT2D eigenvalue weighted by Crippen LogP contribution is 2.17. The number of hydrogen-bond donors (Lipinski definition) is 1. The van der Waals surface area contributed by atoms with Crippen LogP contribution in [0.5, 0.6) is 0 Å². The number of hydrogen-bond acceptors (Lipinski definition) is 4. The summed E-state index contributed by atoms with van der Waals surface area (Å²) in [5.74, 6) is 0.528. The molecule has 2 heterocycles. The number of carbonyl (C=O) groups is 1. The zero-order chi connectivity index (χ0) is 18.5. The van der Waals surface area contributed by atoms with E-state index >= 15 is 0 Å². The molecule has 0 saturated carbocycles. The fourth-order valence-electron chi connectivity index (χ4n) is 2.64. The van der Waals surface area contributed by atoms with Crippen molar-refractivity contribution in [2.75, 3.05) is 5.32 Å². The molecule has 0 aliphatic rings. The smallest absolute Gasteiger partial charge is 0.266 e. The zero-order valence-corrected chi connectivity index (χ0v) is 14.9. The van der Waals surface area contributed by atoms with Crippen LogP contribution in [0.3, 0.4) is 0 Å². The molecule has 1 amide bonds. The first kappa shape index (κ1) is 17.7. The van der Waals surface area contributed by atoms with Crippen LogP contribution in [0.1, 0.15) is 24.0 Å². The normalized spacial score (nSPS) is 10.7. The molecule has 0 atom stereocenters.